The van der Waals surface area contributed by atoms with Crippen molar-refractivity contribution >= 4 is 5.91 Å². The molecule has 0 aromatic carbocycles. The molecule has 1 aliphatic rings. The van der Waals surface area contributed by atoms with Crippen molar-refractivity contribution in [2.45, 2.75) is 26.4 Å². The first kappa shape index (κ1) is 13.6. The van der Waals surface area contributed by atoms with E-state index in [9.17, 15) is 4.79 Å². The molecule has 1 fully saturated rings. The Morgan fingerprint density at radius 2 is 2.16 bits per heavy atom. The summed E-state index contributed by atoms with van der Waals surface area (Å²) in [5.74, 6) is 1.05. The van der Waals surface area contributed by atoms with E-state index in [4.69, 9.17) is 9.47 Å². The SMILES string of the molecule is COc1cncc(OC2CCN(C(=O)C(C)C)C2)n1. The fraction of sp³-hybridized carbons (Fsp3) is 0.615. The second-order valence-electron chi connectivity index (χ2n) is 4.87. The molecule has 19 heavy (non-hydrogen) atoms. The van der Waals surface area contributed by atoms with E-state index in [1.807, 2.05) is 18.7 Å². The Kier molecular flexibility index (Phi) is 4.19. The van der Waals surface area contributed by atoms with Gasteiger partial charge in [0.1, 0.15) is 6.10 Å². The third-order valence-electron chi connectivity index (χ3n) is 3.04. The van der Waals surface area contributed by atoms with Crippen LogP contribution in [0.1, 0.15) is 20.3 Å². The van der Waals surface area contributed by atoms with Gasteiger partial charge in [0.2, 0.25) is 17.7 Å². The topological polar surface area (TPSA) is 64.6 Å². The van der Waals surface area contributed by atoms with E-state index in [1.54, 1.807) is 6.20 Å². The van der Waals surface area contributed by atoms with E-state index in [0.717, 1.165) is 13.0 Å². The number of amides is 1. The maximum atomic E-state index is 11.9. The maximum absolute atomic E-state index is 11.9. The van der Waals surface area contributed by atoms with Gasteiger partial charge in [-0.1, -0.05) is 13.8 Å². The first-order valence-electron chi connectivity index (χ1n) is 6.41. The van der Waals surface area contributed by atoms with Crippen molar-refractivity contribution in [2.24, 2.45) is 5.92 Å². The lowest BCUT2D eigenvalue weighted by Gasteiger charge is -2.18. The van der Waals surface area contributed by atoms with Crippen molar-refractivity contribution < 1.29 is 14.3 Å². The predicted octanol–water partition coefficient (Wildman–Crippen LogP) is 1.12. The van der Waals surface area contributed by atoms with Crippen LogP contribution in [-0.4, -0.2) is 47.1 Å². The zero-order valence-electron chi connectivity index (χ0n) is 11.5. The normalized spacial score (nSPS) is 18.7. The van der Waals surface area contributed by atoms with Gasteiger partial charge in [-0.05, 0) is 0 Å². The number of aromatic nitrogens is 2. The summed E-state index contributed by atoms with van der Waals surface area (Å²) in [4.78, 5) is 21.8. The number of rotatable bonds is 4. The van der Waals surface area contributed by atoms with Gasteiger partial charge in [-0.25, -0.2) is 0 Å². The van der Waals surface area contributed by atoms with Crippen LogP contribution in [0.15, 0.2) is 12.4 Å². The monoisotopic (exact) mass is 265 g/mol. The Hall–Kier alpha value is -1.85. The zero-order valence-corrected chi connectivity index (χ0v) is 11.5. The summed E-state index contributed by atoms with van der Waals surface area (Å²) < 4.78 is 10.7. The molecule has 1 aliphatic heterocycles. The second kappa shape index (κ2) is 5.86. The van der Waals surface area contributed by atoms with Crippen LogP contribution in [0, 0.1) is 5.92 Å². The number of hydrogen-bond acceptors (Lipinski definition) is 5. The van der Waals surface area contributed by atoms with Crippen LogP contribution < -0.4 is 9.47 Å². The molecule has 0 N–H and O–H groups in total. The molecule has 1 aromatic rings. The van der Waals surface area contributed by atoms with Crippen molar-refractivity contribution in [1.29, 1.82) is 0 Å². The summed E-state index contributed by atoms with van der Waals surface area (Å²) in [7, 11) is 1.53. The zero-order chi connectivity index (χ0) is 13.8. The highest BCUT2D eigenvalue weighted by Gasteiger charge is 2.29. The molecular formula is C13H19N3O3. The fourth-order valence-electron chi connectivity index (χ4n) is 2.05. The van der Waals surface area contributed by atoms with Crippen molar-refractivity contribution in [1.82, 2.24) is 14.9 Å². The van der Waals surface area contributed by atoms with E-state index < -0.39 is 0 Å². The Morgan fingerprint density at radius 3 is 2.84 bits per heavy atom. The van der Waals surface area contributed by atoms with Gasteiger partial charge in [-0.15, -0.1) is 0 Å². The number of nitrogens with zero attached hydrogens (tertiary/aromatic N) is 3. The summed E-state index contributed by atoms with van der Waals surface area (Å²) in [6.07, 6.45) is 3.87. The van der Waals surface area contributed by atoms with Gasteiger partial charge in [0.05, 0.1) is 26.0 Å². The summed E-state index contributed by atoms with van der Waals surface area (Å²) in [6, 6.07) is 0. The smallest absolute Gasteiger partial charge is 0.235 e. The van der Waals surface area contributed by atoms with Gasteiger partial charge in [0.15, 0.2) is 0 Å². The first-order valence-corrected chi connectivity index (χ1v) is 6.41. The molecule has 1 atom stereocenters. The first-order chi connectivity index (χ1) is 9.10. The Balaban J connectivity index is 1.93. The van der Waals surface area contributed by atoms with Gasteiger partial charge in [0, 0.05) is 18.9 Å². The maximum Gasteiger partial charge on any atom is 0.235 e. The molecule has 1 saturated heterocycles. The van der Waals surface area contributed by atoms with Gasteiger partial charge >= 0.3 is 0 Å². The van der Waals surface area contributed by atoms with Crippen molar-refractivity contribution in [3.63, 3.8) is 0 Å². The molecular weight excluding hydrogens is 246 g/mol. The number of carbonyl (C=O) groups excluding carboxylic acids is 1. The average Bonchev–Trinajstić information content (AvgIpc) is 2.86. The van der Waals surface area contributed by atoms with E-state index in [1.165, 1.54) is 13.3 Å². The van der Waals surface area contributed by atoms with Crippen LogP contribution >= 0.6 is 0 Å². The molecule has 2 heterocycles. The van der Waals surface area contributed by atoms with Gasteiger partial charge in [-0.2, -0.15) is 4.98 Å². The minimum Gasteiger partial charge on any atom is -0.480 e. The van der Waals surface area contributed by atoms with Crippen LogP contribution in [0.5, 0.6) is 11.8 Å². The second-order valence-corrected chi connectivity index (χ2v) is 4.87. The van der Waals surface area contributed by atoms with Gasteiger partial charge < -0.3 is 14.4 Å². The van der Waals surface area contributed by atoms with Gasteiger partial charge in [-0.3, -0.25) is 9.78 Å². The molecule has 104 valence electrons. The quantitative estimate of drug-likeness (QED) is 0.816. The molecule has 1 amide bonds. The molecule has 1 unspecified atom stereocenters. The minimum atomic E-state index is -0.0240. The van der Waals surface area contributed by atoms with Crippen LogP contribution in [0.3, 0.4) is 0 Å². The minimum absolute atomic E-state index is 0.0235. The number of carbonyl (C=O) groups is 1. The third-order valence-corrected chi connectivity index (χ3v) is 3.04. The van der Waals surface area contributed by atoms with Crippen molar-refractivity contribution in [3.05, 3.63) is 12.4 Å². The Bertz CT molecular complexity index is 451. The molecule has 0 spiro atoms. The Morgan fingerprint density at radius 1 is 1.42 bits per heavy atom. The number of ether oxygens (including phenoxy) is 2. The third kappa shape index (κ3) is 3.33. The lowest BCUT2D eigenvalue weighted by molar-refractivity contribution is -0.133. The standard InChI is InChI=1S/C13H19N3O3/c1-9(2)13(17)16-5-4-10(8-16)19-12-7-14-6-11(15-12)18-3/h6-7,9-10H,4-5,8H2,1-3H3. The molecule has 0 aliphatic carbocycles. The Labute approximate surface area is 112 Å². The van der Waals surface area contributed by atoms with Crippen LogP contribution in [0.25, 0.3) is 0 Å². The molecule has 2 rings (SSSR count). The molecule has 0 saturated carbocycles. The summed E-state index contributed by atoms with van der Waals surface area (Å²) in [6.45, 7) is 5.16. The van der Waals surface area contributed by atoms with E-state index in [0.29, 0.717) is 18.3 Å². The van der Waals surface area contributed by atoms with E-state index >= 15 is 0 Å². The molecule has 0 bridgehead atoms. The number of hydrogen-bond donors (Lipinski definition) is 0. The van der Waals surface area contributed by atoms with E-state index in [-0.39, 0.29) is 17.9 Å². The van der Waals surface area contributed by atoms with Crippen LogP contribution in [0.4, 0.5) is 0 Å². The summed E-state index contributed by atoms with van der Waals surface area (Å²) >= 11 is 0. The molecule has 0 radical (unpaired) electrons. The lowest BCUT2D eigenvalue weighted by atomic mass is 10.2. The fourth-order valence-corrected chi connectivity index (χ4v) is 2.05. The van der Waals surface area contributed by atoms with Crippen LogP contribution in [0.2, 0.25) is 0 Å². The van der Waals surface area contributed by atoms with Crippen LogP contribution in [-0.2, 0) is 4.79 Å². The van der Waals surface area contributed by atoms with Crippen molar-refractivity contribution in [3.8, 4) is 11.8 Å². The summed E-state index contributed by atoms with van der Waals surface area (Å²) in [5.41, 5.74) is 0. The summed E-state index contributed by atoms with van der Waals surface area (Å²) in [5, 5.41) is 0. The highest BCUT2D eigenvalue weighted by atomic mass is 16.5. The highest BCUT2D eigenvalue weighted by molar-refractivity contribution is 5.78. The van der Waals surface area contributed by atoms with E-state index in [2.05, 4.69) is 9.97 Å². The predicted molar refractivity (Wildman–Crippen MR) is 69.0 cm³/mol. The molecule has 6 heteroatoms. The molecule has 1 aromatic heterocycles. The number of likely N-dealkylation sites (tertiary alicyclic amines) is 1. The number of methoxy groups -OCH3 is 1. The lowest BCUT2D eigenvalue weighted by Crippen LogP contribution is -2.33. The molecule has 6 nitrogen and oxygen atoms in total. The largest absolute Gasteiger partial charge is 0.480 e. The van der Waals surface area contributed by atoms with Gasteiger partial charge in [0.25, 0.3) is 0 Å². The van der Waals surface area contributed by atoms with Crippen molar-refractivity contribution in [2.75, 3.05) is 20.2 Å². The average molecular weight is 265 g/mol. The highest BCUT2D eigenvalue weighted by Crippen LogP contribution is 2.19.